The van der Waals surface area contributed by atoms with E-state index in [1.54, 1.807) is 18.2 Å². The molecule has 0 aliphatic carbocycles. The number of H-pyrrole nitrogens is 1. The molecule has 7 heteroatoms. The van der Waals surface area contributed by atoms with E-state index in [9.17, 15) is 9.59 Å². The molecule has 2 amide bonds. The number of aryl methyl sites for hydroxylation is 2. The molecule has 0 radical (unpaired) electrons. The molecule has 3 N–H and O–H groups in total. The number of benzene rings is 2. The number of carbonyl (C=O) groups is 2. The Labute approximate surface area is 160 Å². The van der Waals surface area contributed by atoms with Crippen LogP contribution < -0.4 is 10.9 Å². The number of hydrogen-bond donors (Lipinski definition) is 3. The van der Waals surface area contributed by atoms with E-state index in [0.29, 0.717) is 10.6 Å². The van der Waals surface area contributed by atoms with Crippen molar-refractivity contribution in [1.29, 1.82) is 0 Å². The van der Waals surface area contributed by atoms with Crippen LogP contribution in [0.4, 0.5) is 0 Å². The first-order valence-electron chi connectivity index (χ1n) is 8.00. The van der Waals surface area contributed by atoms with E-state index < -0.39 is 0 Å². The van der Waals surface area contributed by atoms with Gasteiger partial charge in [-0.1, -0.05) is 11.6 Å². The molecule has 5 nitrogen and oxygen atoms in total. The van der Waals surface area contributed by atoms with Crippen molar-refractivity contribution in [1.82, 2.24) is 15.8 Å². The van der Waals surface area contributed by atoms with Gasteiger partial charge in [-0.3, -0.25) is 20.4 Å². The van der Waals surface area contributed by atoms with Gasteiger partial charge in [0.2, 0.25) is 5.91 Å². The van der Waals surface area contributed by atoms with E-state index in [1.165, 1.54) is 11.8 Å². The van der Waals surface area contributed by atoms with Gasteiger partial charge in [0.05, 0.1) is 5.75 Å². The molecule has 26 heavy (non-hydrogen) atoms. The van der Waals surface area contributed by atoms with Crippen molar-refractivity contribution in [3.05, 3.63) is 64.3 Å². The number of amides is 2. The molecular formula is C19H18ClN3O2S. The fraction of sp³-hybridized carbons (Fsp3) is 0.158. The quantitative estimate of drug-likeness (QED) is 0.468. The van der Waals surface area contributed by atoms with Crippen LogP contribution in [0.15, 0.2) is 47.4 Å². The van der Waals surface area contributed by atoms with Crippen LogP contribution in [-0.4, -0.2) is 22.6 Å². The zero-order chi connectivity index (χ0) is 18.7. The van der Waals surface area contributed by atoms with Crippen LogP contribution in [0.1, 0.15) is 21.6 Å². The van der Waals surface area contributed by atoms with Gasteiger partial charge in [-0.15, -0.1) is 11.8 Å². The summed E-state index contributed by atoms with van der Waals surface area (Å²) in [4.78, 5) is 28.4. The molecule has 0 unspecified atom stereocenters. The maximum Gasteiger partial charge on any atom is 0.269 e. The van der Waals surface area contributed by atoms with Gasteiger partial charge in [-0.25, -0.2) is 0 Å². The summed E-state index contributed by atoms with van der Waals surface area (Å²) in [6.45, 7) is 4.00. The van der Waals surface area contributed by atoms with Crippen LogP contribution in [-0.2, 0) is 4.79 Å². The van der Waals surface area contributed by atoms with E-state index in [1.807, 2.05) is 38.1 Å². The summed E-state index contributed by atoms with van der Waals surface area (Å²) in [5, 5.41) is 1.65. The predicted molar refractivity (Wildman–Crippen MR) is 106 cm³/mol. The summed E-state index contributed by atoms with van der Waals surface area (Å²) in [7, 11) is 0. The standard InChI is InChI=1S/C19H18ClN3O2S/c1-11-12(2)21-17-8-3-13(9-16(11)17)19(25)23-22-18(24)10-26-15-6-4-14(20)5-7-15/h3-9,21H,10H2,1-2H3,(H,22,24)(H,23,25). The molecule has 0 saturated carbocycles. The molecule has 134 valence electrons. The van der Waals surface area contributed by atoms with Crippen molar-refractivity contribution in [2.45, 2.75) is 18.7 Å². The van der Waals surface area contributed by atoms with Gasteiger partial charge in [0.15, 0.2) is 0 Å². The number of rotatable bonds is 4. The van der Waals surface area contributed by atoms with Crippen LogP contribution in [0, 0.1) is 13.8 Å². The summed E-state index contributed by atoms with van der Waals surface area (Å²) >= 11 is 7.19. The number of thioether (sulfide) groups is 1. The minimum atomic E-state index is -0.352. The van der Waals surface area contributed by atoms with Crippen molar-refractivity contribution < 1.29 is 9.59 Å². The van der Waals surface area contributed by atoms with Gasteiger partial charge < -0.3 is 4.98 Å². The van der Waals surface area contributed by atoms with Crippen LogP contribution in [0.3, 0.4) is 0 Å². The average molecular weight is 388 g/mol. The highest BCUT2D eigenvalue weighted by Crippen LogP contribution is 2.22. The summed E-state index contributed by atoms with van der Waals surface area (Å²) in [5.74, 6) is -0.445. The Morgan fingerprint density at radius 2 is 1.81 bits per heavy atom. The normalized spacial score (nSPS) is 10.7. The first kappa shape index (κ1) is 18.4. The molecule has 0 aliphatic rings. The Bertz CT molecular complexity index is 967. The van der Waals surface area contributed by atoms with Crippen LogP contribution in [0.25, 0.3) is 10.9 Å². The van der Waals surface area contributed by atoms with Crippen LogP contribution in [0.2, 0.25) is 5.02 Å². The number of fused-ring (bicyclic) bond motifs is 1. The molecule has 3 rings (SSSR count). The first-order chi connectivity index (χ1) is 12.4. The molecule has 3 aromatic rings. The number of hydrogen-bond acceptors (Lipinski definition) is 3. The van der Waals surface area contributed by atoms with Crippen molar-refractivity contribution in [2.24, 2.45) is 0 Å². The molecule has 1 heterocycles. The molecule has 0 atom stereocenters. The van der Waals surface area contributed by atoms with E-state index in [2.05, 4.69) is 15.8 Å². The second-order valence-electron chi connectivity index (χ2n) is 5.88. The van der Waals surface area contributed by atoms with E-state index >= 15 is 0 Å². The highest BCUT2D eigenvalue weighted by atomic mass is 35.5. The second-order valence-corrected chi connectivity index (χ2v) is 7.37. The van der Waals surface area contributed by atoms with E-state index in [-0.39, 0.29) is 17.6 Å². The number of nitrogens with one attached hydrogen (secondary N) is 3. The highest BCUT2D eigenvalue weighted by Gasteiger charge is 2.11. The minimum absolute atomic E-state index is 0.192. The lowest BCUT2D eigenvalue weighted by atomic mass is 10.1. The van der Waals surface area contributed by atoms with Gasteiger partial charge in [-0.05, 0) is 61.9 Å². The van der Waals surface area contributed by atoms with Gasteiger partial charge in [0, 0.05) is 32.1 Å². The average Bonchev–Trinajstić information content (AvgIpc) is 2.93. The molecule has 1 aromatic heterocycles. The zero-order valence-corrected chi connectivity index (χ0v) is 15.9. The lowest BCUT2D eigenvalue weighted by Crippen LogP contribution is -2.42. The van der Waals surface area contributed by atoms with Crippen molar-refractivity contribution >= 4 is 46.1 Å². The summed E-state index contributed by atoms with van der Waals surface area (Å²) in [6, 6.07) is 12.6. The Morgan fingerprint density at radius 3 is 2.54 bits per heavy atom. The number of hydrazine groups is 1. The number of aromatic nitrogens is 1. The van der Waals surface area contributed by atoms with Gasteiger partial charge in [0.25, 0.3) is 5.91 Å². The molecule has 0 fully saturated rings. The second kappa shape index (κ2) is 7.85. The SMILES string of the molecule is Cc1[nH]c2ccc(C(=O)NNC(=O)CSc3ccc(Cl)cc3)cc2c1C. The largest absolute Gasteiger partial charge is 0.358 e. The van der Waals surface area contributed by atoms with Gasteiger partial charge in [0.1, 0.15) is 0 Å². The number of halogens is 1. The monoisotopic (exact) mass is 387 g/mol. The Hall–Kier alpha value is -2.44. The molecule has 0 spiro atoms. The molecular weight excluding hydrogens is 370 g/mol. The molecule has 0 bridgehead atoms. The third kappa shape index (κ3) is 4.20. The van der Waals surface area contributed by atoms with Crippen molar-refractivity contribution in [2.75, 3.05) is 5.75 Å². The topological polar surface area (TPSA) is 74.0 Å². The summed E-state index contributed by atoms with van der Waals surface area (Å²) < 4.78 is 0. The fourth-order valence-electron chi connectivity index (χ4n) is 2.52. The minimum Gasteiger partial charge on any atom is -0.358 e. The maximum absolute atomic E-state index is 12.3. The van der Waals surface area contributed by atoms with Gasteiger partial charge >= 0.3 is 0 Å². The predicted octanol–water partition coefficient (Wildman–Crippen LogP) is 3.99. The van der Waals surface area contributed by atoms with Gasteiger partial charge in [-0.2, -0.15) is 0 Å². The zero-order valence-electron chi connectivity index (χ0n) is 14.4. The fourth-order valence-corrected chi connectivity index (χ4v) is 3.34. The smallest absolute Gasteiger partial charge is 0.269 e. The Morgan fingerprint density at radius 1 is 1.08 bits per heavy atom. The molecule has 0 saturated heterocycles. The number of aromatic amines is 1. The third-order valence-electron chi connectivity index (χ3n) is 4.07. The highest BCUT2D eigenvalue weighted by molar-refractivity contribution is 8.00. The summed E-state index contributed by atoms with van der Waals surface area (Å²) in [6.07, 6.45) is 0. The molecule has 0 aliphatic heterocycles. The van der Waals surface area contributed by atoms with Crippen LogP contribution in [0.5, 0.6) is 0 Å². The third-order valence-corrected chi connectivity index (χ3v) is 5.33. The van der Waals surface area contributed by atoms with Crippen LogP contribution >= 0.6 is 23.4 Å². The maximum atomic E-state index is 12.3. The number of carbonyl (C=O) groups excluding carboxylic acids is 2. The summed E-state index contributed by atoms with van der Waals surface area (Å²) in [5.41, 5.74) is 8.55. The lowest BCUT2D eigenvalue weighted by Gasteiger charge is -2.08. The Balaban J connectivity index is 1.55. The lowest BCUT2D eigenvalue weighted by molar-refractivity contribution is -0.119. The first-order valence-corrected chi connectivity index (χ1v) is 9.37. The van der Waals surface area contributed by atoms with Crippen molar-refractivity contribution in [3.8, 4) is 0 Å². The Kier molecular flexibility index (Phi) is 5.54. The van der Waals surface area contributed by atoms with Crippen molar-refractivity contribution in [3.63, 3.8) is 0 Å². The molecule has 2 aromatic carbocycles. The van der Waals surface area contributed by atoms with E-state index in [4.69, 9.17) is 11.6 Å². The van der Waals surface area contributed by atoms with E-state index in [0.717, 1.165) is 27.1 Å².